The first-order valence-electron chi connectivity index (χ1n) is 15.8. The van der Waals surface area contributed by atoms with Crippen molar-refractivity contribution in [3.63, 3.8) is 0 Å². The van der Waals surface area contributed by atoms with Gasteiger partial charge in [-0.05, 0) is 78.3 Å². The molecule has 7 aromatic rings. The van der Waals surface area contributed by atoms with Crippen LogP contribution in [0.3, 0.4) is 0 Å². The van der Waals surface area contributed by atoms with Gasteiger partial charge in [-0.15, -0.1) is 0 Å². The van der Waals surface area contributed by atoms with Crippen molar-refractivity contribution in [3.05, 3.63) is 164 Å². The van der Waals surface area contributed by atoms with Crippen molar-refractivity contribution in [2.75, 3.05) is 19.8 Å². The van der Waals surface area contributed by atoms with E-state index in [0.29, 0.717) is 59.9 Å². The molecule has 0 bridgehead atoms. The van der Waals surface area contributed by atoms with Gasteiger partial charge in [-0.3, -0.25) is 24.7 Å². The lowest BCUT2D eigenvalue weighted by molar-refractivity contribution is 0.104. The highest BCUT2D eigenvalue weighted by molar-refractivity contribution is 6.31. The summed E-state index contributed by atoms with van der Waals surface area (Å²) in [7, 11) is 3.68. The number of nitrogen functional groups attached to an aromatic ring is 1. The van der Waals surface area contributed by atoms with Gasteiger partial charge < -0.3 is 15.6 Å². The molecule has 0 aliphatic rings. The van der Waals surface area contributed by atoms with E-state index in [4.69, 9.17) is 63.7 Å². The lowest BCUT2D eigenvalue weighted by Crippen LogP contribution is -2.09. The highest BCUT2D eigenvalue weighted by Gasteiger charge is 2.05. The van der Waals surface area contributed by atoms with E-state index in [1.807, 2.05) is 14.1 Å². The molecule has 7 aromatic heterocycles. The number of rotatable bonds is 6. The molecule has 19 heteroatoms. The Bertz CT molecular complexity index is 2300. The maximum Gasteiger partial charge on any atom is 0.345 e. The van der Waals surface area contributed by atoms with Gasteiger partial charge in [0.25, 0.3) is 0 Å². The molecule has 3 N–H and O–H groups in total. The van der Waals surface area contributed by atoms with Crippen LogP contribution in [0.25, 0.3) is 34.2 Å². The molecule has 0 spiro atoms. The van der Waals surface area contributed by atoms with Crippen molar-refractivity contribution in [3.8, 4) is 34.2 Å². The van der Waals surface area contributed by atoms with E-state index in [0.717, 1.165) is 0 Å². The van der Waals surface area contributed by atoms with Gasteiger partial charge >= 0.3 is 5.69 Å². The van der Waals surface area contributed by atoms with E-state index in [1.54, 1.807) is 109 Å². The molecule has 0 saturated heterocycles. The number of hydrogen-bond donors (Lipinski definition) is 2. The van der Waals surface area contributed by atoms with E-state index in [2.05, 4.69) is 49.8 Å². The van der Waals surface area contributed by atoms with Gasteiger partial charge in [0.15, 0.2) is 0 Å². The Hall–Kier alpha value is -5.90. The Labute approximate surface area is 375 Å². The van der Waals surface area contributed by atoms with E-state index in [9.17, 15) is 9.59 Å². The number of carbonyl (C=O) groups is 1. The number of nitrogens with zero attached hydrogens (tertiary/aromatic N) is 10. The number of aromatic nitrogens is 10. The van der Waals surface area contributed by atoms with Crippen LogP contribution in [0, 0.1) is 0 Å². The second-order valence-corrected chi connectivity index (χ2v) is 13.0. The molecule has 316 valence electrons. The van der Waals surface area contributed by atoms with Crippen LogP contribution in [0.2, 0.25) is 25.4 Å². The fourth-order valence-electron chi connectivity index (χ4n) is 4.00. The highest BCUT2D eigenvalue weighted by Crippen LogP contribution is 2.20. The lowest BCUT2D eigenvalue weighted by atomic mass is 10.2. The number of halogens is 5. The standard InChI is InChI=1S/C10H11ClN2O.C9H5Cl2N3.C9H7ClN4.C9H6ClN3O.4CH4/c1-13(2)6-4-10(14)9-7-8(11)3-5-12-9;2*10-6-1-3-12-8(5-6)7-2-4-13-9(11)14-7;10-6-1-3-11-8(5-6)7-2-4-12-9(14)13-7;;;;/h3-7H,1-2H3;1-5H;1-5H,(H2,11,13,14);1-5H,(H,12,13,14);4*1H4/b6-4+;;;;;;;. The number of ketones is 1. The highest BCUT2D eigenvalue weighted by atomic mass is 35.5. The van der Waals surface area contributed by atoms with Crippen LogP contribution >= 0.6 is 58.0 Å². The summed E-state index contributed by atoms with van der Waals surface area (Å²) >= 11 is 28.8. The van der Waals surface area contributed by atoms with Crippen LogP contribution in [0.5, 0.6) is 0 Å². The third kappa shape index (κ3) is 18.8. The summed E-state index contributed by atoms with van der Waals surface area (Å²) in [6.45, 7) is 0. The molecule has 0 saturated carbocycles. The second-order valence-electron chi connectivity index (χ2n) is 10.9. The number of nitrogens with one attached hydrogen (secondary N) is 1. The largest absolute Gasteiger partial charge is 0.383 e. The van der Waals surface area contributed by atoms with E-state index < -0.39 is 5.69 Å². The van der Waals surface area contributed by atoms with Gasteiger partial charge in [-0.25, -0.2) is 29.7 Å². The molecular weight excluding hydrogens is 870 g/mol. The van der Waals surface area contributed by atoms with Gasteiger partial charge in [0.05, 0.1) is 34.2 Å². The fourth-order valence-corrected chi connectivity index (χ4v) is 4.78. The Morgan fingerprint density at radius 2 is 1.02 bits per heavy atom. The Balaban J connectivity index is 0.000000757. The van der Waals surface area contributed by atoms with Crippen LogP contribution in [0.4, 0.5) is 5.95 Å². The fraction of sp³-hybridized carbons (Fsp3) is 0.146. The maximum atomic E-state index is 11.5. The number of aromatic amines is 1. The SMILES string of the molecule is C.C.C.C.CN(C)/C=C/C(=O)c1cc(Cl)ccn1.Clc1ccnc(-c2ccnc(Cl)n2)c1.Nc1nccc(-c2cc(Cl)ccn2)n1.O=c1nccc(-c2cc(Cl)ccn2)[nH]1. The first-order valence-corrected chi connectivity index (χ1v) is 17.7. The molecule has 0 atom stereocenters. The zero-order valence-electron chi connectivity index (χ0n) is 29.3. The summed E-state index contributed by atoms with van der Waals surface area (Å²) in [5.41, 5.74) is 9.33. The maximum absolute atomic E-state index is 11.5. The van der Waals surface area contributed by atoms with Crippen molar-refractivity contribution < 1.29 is 4.79 Å². The molecule has 0 amide bonds. The average molecular weight is 915 g/mol. The van der Waals surface area contributed by atoms with Gasteiger partial charge in [0.2, 0.25) is 17.0 Å². The minimum absolute atomic E-state index is 0. The number of hydrogen-bond acceptors (Lipinski definition) is 13. The van der Waals surface area contributed by atoms with Crippen molar-refractivity contribution in [1.29, 1.82) is 0 Å². The zero-order valence-corrected chi connectivity index (χ0v) is 33.1. The van der Waals surface area contributed by atoms with E-state index in [1.165, 1.54) is 18.5 Å². The number of nitrogens with two attached hydrogens (primary N) is 1. The topological polar surface area (TPSA) is 195 Å². The smallest absolute Gasteiger partial charge is 0.345 e. The minimum atomic E-state index is -0.399. The molecule has 14 nitrogen and oxygen atoms in total. The van der Waals surface area contributed by atoms with Gasteiger partial charge in [0, 0.05) is 89.8 Å². The van der Waals surface area contributed by atoms with Crippen LogP contribution in [0.15, 0.2) is 127 Å². The predicted octanol–water partition coefficient (Wildman–Crippen LogP) is 10.6. The number of allylic oxidation sites excluding steroid dienone is 1. The second kappa shape index (κ2) is 27.7. The summed E-state index contributed by atoms with van der Waals surface area (Å²) in [4.78, 5) is 62.1. The van der Waals surface area contributed by atoms with E-state index >= 15 is 0 Å². The third-order valence-electron chi connectivity index (χ3n) is 6.44. The summed E-state index contributed by atoms with van der Waals surface area (Å²) in [5, 5.41) is 2.52. The Kier molecular flexibility index (Phi) is 25.0. The van der Waals surface area contributed by atoms with Crippen LogP contribution in [0.1, 0.15) is 40.2 Å². The summed E-state index contributed by atoms with van der Waals surface area (Å²) in [5.74, 6) is 0.0745. The van der Waals surface area contributed by atoms with Gasteiger partial charge in [0.1, 0.15) is 5.69 Å². The minimum Gasteiger partial charge on any atom is -0.383 e. The first kappa shape index (κ1) is 54.1. The van der Waals surface area contributed by atoms with Crippen molar-refractivity contribution in [2.24, 2.45) is 0 Å². The van der Waals surface area contributed by atoms with Crippen molar-refractivity contribution >= 4 is 69.7 Å². The van der Waals surface area contributed by atoms with Crippen molar-refractivity contribution in [1.82, 2.24) is 54.7 Å². The molecule has 0 aromatic carbocycles. The summed E-state index contributed by atoms with van der Waals surface area (Å²) < 4.78 is 0. The van der Waals surface area contributed by atoms with E-state index in [-0.39, 0.29) is 46.7 Å². The number of pyridine rings is 4. The quantitative estimate of drug-likeness (QED) is 0.0909. The molecule has 0 aliphatic heterocycles. The van der Waals surface area contributed by atoms with Crippen LogP contribution < -0.4 is 11.4 Å². The number of H-pyrrole nitrogens is 1. The molecular formula is C41H45Cl5N12O2. The Morgan fingerprint density at radius 3 is 1.50 bits per heavy atom. The summed E-state index contributed by atoms with van der Waals surface area (Å²) in [6, 6.07) is 18.5. The lowest BCUT2D eigenvalue weighted by Gasteiger charge is -2.02. The van der Waals surface area contributed by atoms with Crippen LogP contribution in [-0.4, -0.2) is 74.6 Å². The molecule has 0 unspecified atom stereocenters. The normalized spacial score (nSPS) is 9.52. The third-order valence-corrected chi connectivity index (χ3v) is 7.56. The first-order chi connectivity index (χ1) is 26.9. The predicted molar refractivity (Wildman–Crippen MR) is 246 cm³/mol. The number of carbonyl (C=O) groups excluding carboxylic acids is 1. The van der Waals surface area contributed by atoms with Crippen LogP contribution in [-0.2, 0) is 0 Å². The van der Waals surface area contributed by atoms with Gasteiger partial charge in [-0.1, -0.05) is 76.1 Å². The molecule has 0 fully saturated rings. The Morgan fingerprint density at radius 1 is 0.567 bits per heavy atom. The van der Waals surface area contributed by atoms with Crippen molar-refractivity contribution in [2.45, 2.75) is 29.7 Å². The molecule has 60 heavy (non-hydrogen) atoms. The molecule has 0 aliphatic carbocycles. The monoisotopic (exact) mass is 912 g/mol. The average Bonchev–Trinajstić information content (AvgIpc) is 3.18. The number of anilines is 1. The zero-order chi connectivity index (χ0) is 40.5. The van der Waals surface area contributed by atoms with Gasteiger partial charge in [-0.2, -0.15) is 0 Å². The summed E-state index contributed by atoms with van der Waals surface area (Å²) in [6.07, 6.45) is 14.0. The molecule has 0 radical (unpaired) electrons. The molecule has 7 heterocycles. The molecule has 7 rings (SSSR count).